The predicted molar refractivity (Wildman–Crippen MR) is 44.8 cm³/mol. The fourth-order valence-corrected chi connectivity index (χ4v) is 0.401. The first-order chi connectivity index (χ1) is 3.81. The normalized spacial score (nSPS) is 10.0. The van der Waals surface area contributed by atoms with Gasteiger partial charge in [0.25, 0.3) is 0 Å². The molecule has 0 nitrogen and oxygen atoms in total. The minimum absolute atomic E-state index is 1.00. The van der Waals surface area contributed by atoms with Crippen LogP contribution in [0.4, 0.5) is 0 Å². The van der Waals surface area contributed by atoms with Crippen LogP contribution in [-0.4, -0.2) is 22.1 Å². The van der Waals surface area contributed by atoms with Crippen LogP contribution >= 0.6 is 25.7 Å². The Morgan fingerprint density at radius 3 is 2.12 bits per heavy atom. The SMILES string of the molecule is CC=C(C)CBr.[Li][Cl]. The summed E-state index contributed by atoms with van der Waals surface area (Å²) in [4.78, 5) is 0. The Labute approximate surface area is 73.1 Å². The first-order valence-electron chi connectivity index (χ1n) is 2.36. The summed E-state index contributed by atoms with van der Waals surface area (Å²) < 4.78 is 0. The molecule has 0 atom stereocenters. The Morgan fingerprint density at radius 2 is 2.12 bits per heavy atom. The second kappa shape index (κ2) is 11.0. The quantitative estimate of drug-likeness (QED) is 0.340. The van der Waals surface area contributed by atoms with E-state index in [2.05, 4.69) is 38.7 Å². The number of alkyl halides is 1. The second-order valence-corrected chi connectivity index (χ2v) is 1.83. The van der Waals surface area contributed by atoms with Crippen LogP contribution in [0, 0.1) is 0 Å². The van der Waals surface area contributed by atoms with E-state index in [0.29, 0.717) is 0 Å². The van der Waals surface area contributed by atoms with Crippen LogP contribution in [-0.2, 0) is 0 Å². The van der Waals surface area contributed by atoms with Crippen molar-refractivity contribution < 1.29 is 0 Å². The van der Waals surface area contributed by atoms with Gasteiger partial charge in [-0.3, -0.25) is 0 Å². The number of hydrogen-bond acceptors (Lipinski definition) is 0. The molecule has 0 saturated heterocycles. The van der Waals surface area contributed by atoms with Crippen molar-refractivity contribution in [2.45, 2.75) is 13.8 Å². The molecule has 0 aromatic rings. The van der Waals surface area contributed by atoms with Gasteiger partial charge >= 0.3 is 26.5 Å². The van der Waals surface area contributed by atoms with Gasteiger partial charge in [-0.15, -0.1) is 0 Å². The van der Waals surface area contributed by atoms with E-state index in [1.807, 2.05) is 6.92 Å². The van der Waals surface area contributed by atoms with Crippen molar-refractivity contribution in [3.63, 3.8) is 0 Å². The van der Waals surface area contributed by atoms with E-state index in [0.717, 1.165) is 5.33 Å². The molecule has 3 heteroatoms. The molecule has 0 aliphatic heterocycles. The van der Waals surface area contributed by atoms with Gasteiger partial charge in [-0.2, -0.15) is 0 Å². The van der Waals surface area contributed by atoms with Crippen molar-refractivity contribution in [2.24, 2.45) is 0 Å². The van der Waals surface area contributed by atoms with Crippen molar-refractivity contribution in [1.29, 1.82) is 0 Å². The molecule has 0 rings (SSSR count). The van der Waals surface area contributed by atoms with Crippen molar-refractivity contribution in [3.05, 3.63) is 11.6 Å². The Kier molecular flexibility index (Phi) is 16.3. The van der Waals surface area contributed by atoms with Gasteiger partial charge in [0.15, 0.2) is 0 Å². The van der Waals surface area contributed by atoms with Gasteiger partial charge in [-0.25, -0.2) is 0 Å². The zero-order valence-electron chi connectivity index (χ0n) is 5.54. The second-order valence-electron chi connectivity index (χ2n) is 1.27. The zero-order chi connectivity index (χ0) is 6.99. The average molecular weight is 191 g/mol. The molecular weight excluding hydrogens is 182 g/mol. The van der Waals surface area contributed by atoms with E-state index in [-0.39, 0.29) is 0 Å². The maximum atomic E-state index is 4.64. The molecule has 0 N–H and O–H groups in total. The molecule has 0 aliphatic rings. The first kappa shape index (κ1) is 11.9. The van der Waals surface area contributed by atoms with Crippen molar-refractivity contribution in [2.75, 3.05) is 5.33 Å². The van der Waals surface area contributed by atoms with E-state index in [4.69, 9.17) is 0 Å². The third-order valence-electron chi connectivity index (χ3n) is 0.704. The molecule has 0 unspecified atom stereocenters. The summed E-state index contributed by atoms with van der Waals surface area (Å²) in [5.41, 5.74) is 1.38. The first-order valence-corrected chi connectivity index (χ1v) is 4.24. The van der Waals surface area contributed by atoms with Crippen LogP contribution in [0.3, 0.4) is 0 Å². The van der Waals surface area contributed by atoms with Gasteiger partial charge < -0.3 is 0 Å². The number of halogens is 2. The van der Waals surface area contributed by atoms with E-state index in [9.17, 15) is 0 Å². The van der Waals surface area contributed by atoms with Gasteiger partial charge in [-0.05, 0) is 13.8 Å². The minimum atomic E-state index is 1.00. The van der Waals surface area contributed by atoms with E-state index in [1.165, 1.54) is 22.3 Å². The molecule has 0 bridgehead atoms. The van der Waals surface area contributed by atoms with E-state index in [1.54, 1.807) is 0 Å². The van der Waals surface area contributed by atoms with Gasteiger partial charge in [0.1, 0.15) is 0 Å². The molecule has 0 aromatic carbocycles. The van der Waals surface area contributed by atoms with E-state index < -0.39 is 0 Å². The molecule has 0 amide bonds. The fourth-order valence-electron chi connectivity index (χ4n) is 0.0772. The third-order valence-corrected chi connectivity index (χ3v) is 1.59. The molecule has 0 aliphatic carbocycles. The van der Waals surface area contributed by atoms with Gasteiger partial charge in [0, 0.05) is 5.33 Å². The molecule has 0 heterocycles. The fraction of sp³-hybridized carbons (Fsp3) is 0.600. The van der Waals surface area contributed by atoms with Crippen LogP contribution < -0.4 is 0 Å². The molecule has 0 radical (unpaired) electrons. The summed E-state index contributed by atoms with van der Waals surface area (Å²) in [6, 6.07) is 0. The number of hydrogen-bond donors (Lipinski definition) is 0. The zero-order valence-corrected chi connectivity index (χ0v) is 7.88. The Bertz CT molecular complexity index is 63.4. The summed E-state index contributed by atoms with van der Waals surface area (Å²) in [6.45, 7) is 4.13. The summed E-state index contributed by atoms with van der Waals surface area (Å²) in [5, 5.41) is 1.00. The van der Waals surface area contributed by atoms with Crippen LogP contribution in [0.15, 0.2) is 11.6 Å². The van der Waals surface area contributed by atoms with Crippen molar-refractivity contribution in [1.82, 2.24) is 0 Å². The summed E-state index contributed by atoms with van der Waals surface area (Å²) in [5.74, 6) is 0. The maximum absolute atomic E-state index is 4.64. The Balaban J connectivity index is 0. The number of rotatable bonds is 1. The number of allylic oxidation sites excluding steroid dienone is 2. The molecule has 0 spiro atoms. The Morgan fingerprint density at radius 1 is 1.75 bits per heavy atom. The van der Waals surface area contributed by atoms with Crippen LogP contribution in [0.2, 0.25) is 0 Å². The topological polar surface area (TPSA) is 0 Å². The molecule has 0 fully saturated rings. The Hall–Kier alpha value is 1.11. The van der Waals surface area contributed by atoms with Gasteiger partial charge in [0.05, 0.1) is 0 Å². The standard InChI is InChI=1S/C5H9Br.ClH.Li/c1-3-5(2)4-6;;/h3H,4H2,1-2H3;1H;/q;;+1/p-1. The van der Waals surface area contributed by atoms with Gasteiger partial charge in [0.2, 0.25) is 0 Å². The molecule has 44 valence electrons. The van der Waals surface area contributed by atoms with Crippen LogP contribution in [0.5, 0.6) is 0 Å². The summed E-state index contributed by atoms with van der Waals surface area (Å²) >= 11 is 4.78. The molecular formula is C5H9BrClLi. The third kappa shape index (κ3) is 10.2. The van der Waals surface area contributed by atoms with Crippen molar-refractivity contribution in [3.8, 4) is 0 Å². The van der Waals surface area contributed by atoms with Gasteiger partial charge in [-0.1, -0.05) is 27.6 Å². The van der Waals surface area contributed by atoms with E-state index >= 15 is 0 Å². The molecule has 0 saturated carbocycles. The summed E-state index contributed by atoms with van der Waals surface area (Å²) in [7, 11) is 4.64. The van der Waals surface area contributed by atoms with Crippen LogP contribution in [0.1, 0.15) is 13.8 Å². The van der Waals surface area contributed by atoms with Crippen LogP contribution in [0.25, 0.3) is 0 Å². The molecule has 0 aromatic heterocycles. The molecule has 8 heavy (non-hydrogen) atoms. The monoisotopic (exact) mass is 190 g/mol. The van der Waals surface area contributed by atoms with Crippen molar-refractivity contribution >= 4 is 42.5 Å². The summed E-state index contributed by atoms with van der Waals surface area (Å²) in [6.07, 6.45) is 2.09. The predicted octanol–water partition coefficient (Wildman–Crippen LogP) is 2.66. The average Bonchev–Trinajstić information content (AvgIpc) is 1.91.